The molecule has 0 saturated carbocycles. The Bertz CT molecular complexity index is 378. The number of nitrogens with zero attached hydrogens (tertiary/aromatic N) is 1. The first-order chi connectivity index (χ1) is 8.01. The van der Waals surface area contributed by atoms with Crippen molar-refractivity contribution >= 4 is 11.7 Å². The summed E-state index contributed by atoms with van der Waals surface area (Å²) in [4.78, 5) is 15.3. The largest absolute Gasteiger partial charge is 0.481 e. The molecule has 1 aromatic heterocycles. The van der Waals surface area contributed by atoms with E-state index in [4.69, 9.17) is 4.74 Å². The minimum absolute atomic E-state index is 0.503. The summed E-state index contributed by atoms with van der Waals surface area (Å²) in [7, 11) is 1.54. The molecule has 0 aliphatic rings. The molecule has 1 heterocycles. The Morgan fingerprint density at radius 2 is 2.29 bits per heavy atom. The lowest BCUT2D eigenvalue weighted by Gasteiger charge is -2.26. The Hall–Kier alpha value is -1.78. The van der Waals surface area contributed by atoms with Gasteiger partial charge < -0.3 is 15.2 Å². The molecule has 5 heteroatoms. The van der Waals surface area contributed by atoms with Gasteiger partial charge >= 0.3 is 5.97 Å². The molecule has 0 radical (unpaired) electrons. The monoisotopic (exact) mass is 238 g/mol. The van der Waals surface area contributed by atoms with E-state index in [1.54, 1.807) is 25.3 Å². The molecule has 1 atom stereocenters. The second-order valence-corrected chi connectivity index (χ2v) is 4.10. The quantitative estimate of drug-likeness (QED) is 0.794. The summed E-state index contributed by atoms with van der Waals surface area (Å²) in [5.74, 6) is -0.363. The van der Waals surface area contributed by atoms with Gasteiger partial charge in [-0.3, -0.25) is 0 Å². The van der Waals surface area contributed by atoms with Gasteiger partial charge in [-0.05, 0) is 19.4 Å². The van der Waals surface area contributed by atoms with Crippen LogP contribution in [0.25, 0.3) is 0 Å². The van der Waals surface area contributed by atoms with Crippen molar-refractivity contribution in [3.05, 3.63) is 18.3 Å². The average Bonchev–Trinajstić information content (AvgIpc) is 2.30. The number of anilines is 1. The first kappa shape index (κ1) is 13.3. The number of methoxy groups -OCH3 is 1. The van der Waals surface area contributed by atoms with Gasteiger partial charge in [0.1, 0.15) is 5.54 Å². The maximum Gasteiger partial charge on any atom is 0.329 e. The van der Waals surface area contributed by atoms with E-state index in [-0.39, 0.29) is 0 Å². The van der Waals surface area contributed by atoms with Crippen LogP contribution in [0.2, 0.25) is 0 Å². The lowest BCUT2D eigenvalue weighted by atomic mass is 9.96. The van der Waals surface area contributed by atoms with E-state index in [0.717, 1.165) is 6.42 Å². The first-order valence-corrected chi connectivity index (χ1v) is 5.53. The molecule has 2 N–H and O–H groups in total. The third-order valence-corrected chi connectivity index (χ3v) is 2.59. The molecule has 17 heavy (non-hydrogen) atoms. The van der Waals surface area contributed by atoms with Gasteiger partial charge in [-0.1, -0.05) is 13.3 Å². The Kier molecular flexibility index (Phi) is 4.31. The van der Waals surface area contributed by atoms with Crippen LogP contribution in [0.4, 0.5) is 5.69 Å². The molecule has 0 fully saturated rings. The van der Waals surface area contributed by atoms with E-state index < -0.39 is 11.5 Å². The number of rotatable bonds is 6. The summed E-state index contributed by atoms with van der Waals surface area (Å²) < 4.78 is 4.94. The van der Waals surface area contributed by atoms with Crippen molar-refractivity contribution in [3.63, 3.8) is 0 Å². The highest BCUT2D eigenvalue weighted by Crippen LogP contribution is 2.21. The van der Waals surface area contributed by atoms with Crippen LogP contribution in [-0.2, 0) is 4.79 Å². The van der Waals surface area contributed by atoms with Crippen LogP contribution in [-0.4, -0.2) is 28.7 Å². The van der Waals surface area contributed by atoms with Gasteiger partial charge in [0.2, 0.25) is 5.88 Å². The van der Waals surface area contributed by atoms with Gasteiger partial charge in [-0.15, -0.1) is 0 Å². The number of nitrogens with one attached hydrogen (secondary N) is 1. The Morgan fingerprint density at radius 3 is 2.71 bits per heavy atom. The molecule has 94 valence electrons. The molecule has 0 amide bonds. The normalized spacial score (nSPS) is 13.8. The predicted molar refractivity (Wildman–Crippen MR) is 65.4 cm³/mol. The summed E-state index contributed by atoms with van der Waals surface area (Å²) in [5, 5.41) is 12.2. The predicted octanol–water partition coefficient (Wildman–Crippen LogP) is 2.15. The van der Waals surface area contributed by atoms with Crippen molar-refractivity contribution in [2.24, 2.45) is 0 Å². The Labute approximate surface area is 101 Å². The summed E-state index contributed by atoms with van der Waals surface area (Å²) >= 11 is 0. The third-order valence-electron chi connectivity index (χ3n) is 2.59. The fourth-order valence-corrected chi connectivity index (χ4v) is 1.62. The zero-order valence-electron chi connectivity index (χ0n) is 10.4. The van der Waals surface area contributed by atoms with Crippen molar-refractivity contribution in [2.45, 2.75) is 32.2 Å². The standard InChI is InChI=1S/C12H18N2O3/c1-4-7-12(2,11(15)16)14-9-5-6-10(17-3)13-8-9/h5-6,8,14H,4,7H2,1-3H3,(H,15,16). The van der Waals surface area contributed by atoms with Crippen LogP contribution in [0.1, 0.15) is 26.7 Å². The van der Waals surface area contributed by atoms with Crippen molar-refractivity contribution in [1.82, 2.24) is 4.98 Å². The Morgan fingerprint density at radius 1 is 1.59 bits per heavy atom. The second kappa shape index (κ2) is 5.52. The van der Waals surface area contributed by atoms with Crippen molar-refractivity contribution in [2.75, 3.05) is 12.4 Å². The molecule has 0 saturated heterocycles. The van der Waals surface area contributed by atoms with Gasteiger partial charge in [0.05, 0.1) is 19.0 Å². The van der Waals surface area contributed by atoms with Gasteiger partial charge in [0, 0.05) is 6.07 Å². The van der Waals surface area contributed by atoms with E-state index in [0.29, 0.717) is 18.0 Å². The zero-order chi connectivity index (χ0) is 12.9. The number of pyridine rings is 1. The number of carbonyl (C=O) groups is 1. The van der Waals surface area contributed by atoms with Crippen LogP contribution in [0.5, 0.6) is 5.88 Å². The van der Waals surface area contributed by atoms with Gasteiger partial charge in [-0.25, -0.2) is 9.78 Å². The minimum atomic E-state index is -0.967. The number of carboxylic acids is 1. The maximum absolute atomic E-state index is 11.2. The van der Waals surface area contributed by atoms with E-state index >= 15 is 0 Å². The van der Waals surface area contributed by atoms with Crippen molar-refractivity contribution < 1.29 is 14.6 Å². The molecule has 5 nitrogen and oxygen atoms in total. The molecule has 0 bridgehead atoms. The van der Waals surface area contributed by atoms with Crippen LogP contribution >= 0.6 is 0 Å². The highest BCUT2D eigenvalue weighted by atomic mass is 16.5. The molecular weight excluding hydrogens is 220 g/mol. The van der Waals surface area contributed by atoms with Crippen LogP contribution in [0.3, 0.4) is 0 Å². The Balaban J connectivity index is 2.82. The molecular formula is C12H18N2O3. The highest BCUT2D eigenvalue weighted by Gasteiger charge is 2.31. The smallest absolute Gasteiger partial charge is 0.329 e. The molecule has 0 spiro atoms. The van der Waals surface area contributed by atoms with E-state index in [1.807, 2.05) is 6.92 Å². The third kappa shape index (κ3) is 3.34. The molecule has 0 aliphatic carbocycles. The van der Waals surface area contributed by atoms with E-state index in [1.165, 1.54) is 7.11 Å². The fourth-order valence-electron chi connectivity index (χ4n) is 1.62. The van der Waals surface area contributed by atoms with E-state index in [9.17, 15) is 9.90 Å². The van der Waals surface area contributed by atoms with Gasteiger partial charge in [-0.2, -0.15) is 0 Å². The van der Waals surface area contributed by atoms with Crippen LogP contribution < -0.4 is 10.1 Å². The molecule has 1 rings (SSSR count). The summed E-state index contributed by atoms with van der Waals surface area (Å²) in [5.41, 5.74) is -0.297. The minimum Gasteiger partial charge on any atom is -0.481 e. The molecule has 0 aromatic carbocycles. The number of ether oxygens (including phenoxy) is 1. The SMILES string of the molecule is CCCC(C)(Nc1ccc(OC)nc1)C(=O)O. The van der Waals surface area contributed by atoms with Gasteiger partial charge in [0.25, 0.3) is 0 Å². The van der Waals surface area contributed by atoms with E-state index in [2.05, 4.69) is 10.3 Å². The molecule has 1 aromatic rings. The zero-order valence-corrected chi connectivity index (χ0v) is 10.4. The lowest BCUT2D eigenvalue weighted by molar-refractivity contribution is -0.141. The number of aliphatic carboxylic acids is 1. The summed E-state index contributed by atoms with van der Waals surface area (Å²) in [6.45, 7) is 3.62. The van der Waals surface area contributed by atoms with Crippen molar-refractivity contribution in [3.8, 4) is 5.88 Å². The number of aromatic nitrogens is 1. The molecule has 0 aliphatic heterocycles. The van der Waals surface area contributed by atoms with Crippen LogP contribution in [0, 0.1) is 0 Å². The summed E-state index contributed by atoms with van der Waals surface area (Å²) in [6, 6.07) is 3.44. The maximum atomic E-state index is 11.2. The van der Waals surface area contributed by atoms with Gasteiger partial charge in [0.15, 0.2) is 0 Å². The first-order valence-electron chi connectivity index (χ1n) is 5.53. The molecule has 1 unspecified atom stereocenters. The van der Waals surface area contributed by atoms with Crippen molar-refractivity contribution in [1.29, 1.82) is 0 Å². The lowest BCUT2D eigenvalue weighted by Crippen LogP contribution is -2.43. The number of hydrogen-bond donors (Lipinski definition) is 2. The number of carboxylic acid groups (broad SMARTS) is 1. The van der Waals surface area contributed by atoms with Crippen LogP contribution in [0.15, 0.2) is 18.3 Å². The summed E-state index contributed by atoms with van der Waals surface area (Å²) in [6.07, 6.45) is 2.91. The fraction of sp³-hybridized carbons (Fsp3) is 0.500. The highest BCUT2D eigenvalue weighted by molar-refractivity contribution is 5.82. The number of hydrogen-bond acceptors (Lipinski definition) is 4. The topological polar surface area (TPSA) is 71.5 Å². The average molecular weight is 238 g/mol. The second-order valence-electron chi connectivity index (χ2n) is 4.10.